The first kappa shape index (κ1) is 17.1. The fourth-order valence-corrected chi connectivity index (χ4v) is 4.80. The van der Waals surface area contributed by atoms with E-state index in [0.717, 1.165) is 57.5 Å². The molecule has 0 amide bonds. The van der Waals surface area contributed by atoms with E-state index >= 15 is 0 Å². The maximum absolute atomic E-state index is 5.46. The average molecular weight is 368 g/mol. The molecule has 2 fully saturated rings. The molecule has 2 saturated heterocycles. The van der Waals surface area contributed by atoms with Crippen LogP contribution in [0.15, 0.2) is 12.4 Å². The first-order valence-corrected chi connectivity index (χ1v) is 10.2. The van der Waals surface area contributed by atoms with Crippen LogP contribution in [0.3, 0.4) is 0 Å². The number of rotatable bonds is 4. The fraction of sp³-hybridized carbons (Fsp3) is 0.650. The summed E-state index contributed by atoms with van der Waals surface area (Å²) in [7, 11) is 0. The predicted molar refractivity (Wildman–Crippen MR) is 103 cm³/mol. The minimum atomic E-state index is 0.446. The lowest BCUT2D eigenvalue weighted by Gasteiger charge is -2.36. The zero-order chi connectivity index (χ0) is 18.4. The Morgan fingerprint density at radius 1 is 1.22 bits per heavy atom. The van der Waals surface area contributed by atoms with Gasteiger partial charge in [-0.3, -0.25) is 9.58 Å². The molecule has 0 spiro atoms. The van der Waals surface area contributed by atoms with Crippen molar-refractivity contribution >= 4 is 5.95 Å². The Morgan fingerprint density at radius 2 is 2.07 bits per heavy atom. The van der Waals surface area contributed by atoms with E-state index in [2.05, 4.69) is 41.1 Å². The van der Waals surface area contributed by atoms with Crippen molar-refractivity contribution in [1.82, 2.24) is 24.6 Å². The molecule has 0 aromatic carbocycles. The van der Waals surface area contributed by atoms with Gasteiger partial charge in [-0.25, -0.2) is 9.97 Å². The van der Waals surface area contributed by atoms with Crippen LogP contribution in [0.2, 0.25) is 0 Å². The normalized spacial score (nSPS) is 25.0. The number of fused-ring (bicyclic) bond motifs is 4. The van der Waals surface area contributed by atoms with Crippen LogP contribution in [0.4, 0.5) is 5.95 Å². The molecule has 5 heterocycles. The van der Waals surface area contributed by atoms with Crippen molar-refractivity contribution in [2.45, 2.75) is 58.3 Å². The number of aryl methyl sites for hydroxylation is 2. The van der Waals surface area contributed by atoms with Crippen molar-refractivity contribution in [1.29, 1.82) is 0 Å². The molecule has 2 atom stereocenters. The summed E-state index contributed by atoms with van der Waals surface area (Å²) >= 11 is 0. The molecule has 2 aromatic heterocycles. The van der Waals surface area contributed by atoms with E-state index in [1.54, 1.807) is 0 Å². The van der Waals surface area contributed by atoms with Gasteiger partial charge in [0.25, 0.3) is 0 Å². The molecule has 2 aromatic rings. The Labute approximate surface area is 160 Å². The quantitative estimate of drug-likeness (QED) is 0.824. The predicted octanol–water partition coefficient (Wildman–Crippen LogP) is 2.10. The lowest BCUT2D eigenvalue weighted by Crippen LogP contribution is -2.40. The van der Waals surface area contributed by atoms with Crippen LogP contribution in [-0.4, -0.2) is 57.0 Å². The van der Waals surface area contributed by atoms with Crippen LogP contribution in [0.1, 0.15) is 48.3 Å². The van der Waals surface area contributed by atoms with Crippen molar-refractivity contribution in [3.63, 3.8) is 0 Å². The van der Waals surface area contributed by atoms with Crippen molar-refractivity contribution in [2.75, 3.05) is 31.2 Å². The molecule has 0 N–H and O–H groups in total. The average Bonchev–Trinajstić information content (AvgIpc) is 3.20. The van der Waals surface area contributed by atoms with Gasteiger partial charge in [0.2, 0.25) is 5.95 Å². The van der Waals surface area contributed by atoms with Gasteiger partial charge in [-0.1, -0.05) is 0 Å². The van der Waals surface area contributed by atoms with Gasteiger partial charge in [-0.2, -0.15) is 5.10 Å². The molecule has 7 heteroatoms. The molecule has 0 aliphatic carbocycles. The van der Waals surface area contributed by atoms with E-state index in [1.807, 2.05) is 4.68 Å². The SMILES string of the molecule is CCn1cc(CN2[C@@H]3CC[C@@H]2c2cnc(N4CCOCC4)nc2C3)c(C)n1. The first-order chi connectivity index (χ1) is 13.2. The zero-order valence-corrected chi connectivity index (χ0v) is 16.3. The van der Waals surface area contributed by atoms with Gasteiger partial charge in [-0.15, -0.1) is 0 Å². The van der Waals surface area contributed by atoms with Gasteiger partial charge in [0, 0.05) is 68.2 Å². The van der Waals surface area contributed by atoms with Gasteiger partial charge in [-0.05, 0) is 26.7 Å². The second-order valence-electron chi connectivity index (χ2n) is 7.89. The van der Waals surface area contributed by atoms with Gasteiger partial charge in [0.15, 0.2) is 0 Å². The van der Waals surface area contributed by atoms with E-state index in [-0.39, 0.29) is 0 Å². The highest BCUT2D eigenvalue weighted by Gasteiger charge is 2.41. The molecule has 5 rings (SSSR count). The highest BCUT2D eigenvalue weighted by atomic mass is 16.5. The third-order valence-corrected chi connectivity index (χ3v) is 6.34. The van der Waals surface area contributed by atoms with Gasteiger partial charge >= 0.3 is 0 Å². The molecular formula is C20H28N6O. The van der Waals surface area contributed by atoms with E-state index < -0.39 is 0 Å². The maximum atomic E-state index is 5.46. The third kappa shape index (κ3) is 3.02. The minimum Gasteiger partial charge on any atom is -0.378 e. The van der Waals surface area contributed by atoms with E-state index in [4.69, 9.17) is 14.7 Å². The van der Waals surface area contributed by atoms with Crippen LogP contribution in [0.5, 0.6) is 0 Å². The Hall–Kier alpha value is -1.99. The second kappa shape index (κ2) is 6.87. The lowest BCUT2D eigenvalue weighted by molar-refractivity contribution is 0.122. The molecule has 0 unspecified atom stereocenters. The van der Waals surface area contributed by atoms with Crippen LogP contribution in [0, 0.1) is 6.92 Å². The number of aromatic nitrogens is 4. The van der Waals surface area contributed by atoms with Crippen molar-refractivity contribution in [2.24, 2.45) is 0 Å². The minimum absolute atomic E-state index is 0.446. The molecule has 0 saturated carbocycles. The summed E-state index contributed by atoms with van der Waals surface area (Å²) in [6, 6.07) is 1.03. The third-order valence-electron chi connectivity index (χ3n) is 6.34. The van der Waals surface area contributed by atoms with Gasteiger partial charge < -0.3 is 9.64 Å². The number of nitrogens with zero attached hydrogens (tertiary/aromatic N) is 6. The number of ether oxygens (including phenoxy) is 1. The van der Waals surface area contributed by atoms with Crippen LogP contribution >= 0.6 is 0 Å². The van der Waals surface area contributed by atoms with Crippen LogP contribution in [-0.2, 0) is 24.2 Å². The summed E-state index contributed by atoms with van der Waals surface area (Å²) in [5.74, 6) is 0.880. The monoisotopic (exact) mass is 368 g/mol. The standard InChI is InChI=1S/C20H28N6O/c1-3-25-12-15(14(2)23-25)13-26-16-4-5-19(26)17-11-21-20(22-18(17)10-16)24-6-8-27-9-7-24/h11-12,16,19H,3-10,13H2,1-2H3/t16-,19-/m1/s1. The summed E-state index contributed by atoms with van der Waals surface area (Å²) in [5.41, 5.74) is 5.10. The summed E-state index contributed by atoms with van der Waals surface area (Å²) in [6.07, 6.45) is 7.79. The number of hydrogen-bond donors (Lipinski definition) is 0. The van der Waals surface area contributed by atoms with Crippen molar-refractivity contribution < 1.29 is 4.74 Å². The second-order valence-corrected chi connectivity index (χ2v) is 7.89. The molecule has 2 bridgehead atoms. The first-order valence-electron chi connectivity index (χ1n) is 10.2. The lowest BCUT2D eigenvalue weighted by atomic mass is 9.98. The van der Waals surface area contributed by atoms with E-state index in [0.29, 0.717) is 12.1 Å². The van der Waals surface area contributed by atoms with E-state index in [1.165, 1.54) is 29.7 Å². The molecule has 7 nitrogen and oxygen atoms in total. The molecule has 3 aliphatic heterocycles. The Balaban J connectivity index is 1.39. The highest BCUT2D eigenvalue weighted by molar-refractivity contribution is 5.37. The molecule has 0 radical (unpaired) electrons. The molecular weight excluding hydrogens is 340 g/mol. The smallest absolute Gasteiger partial charge is 0.225 e. The number of morpholine rings is 1. The highest BCUT2D eigenvalue weighted by Crippen LogP contribution is 2.44. The zero-order valence-electron chi connectivity index (χ0n) is 16.3. The largest absolute Gasteiger partial charge is 0.378 e. The number of anilines is 1. The van der Waals surface area contributed by atoms with Crippen LogP contribution < -0.4 is 4.90 Å². The van der Waals surface area contributed by atoms with E-state index in [9.17, 15) is 0 Å². The summed E-state index contributed by atoms with van der Waals surface area (Å²) in [5, 5.41) is 4.62. The summed E-state index contributed by atoms with van der Waals surface area (Å²) in [4.78, 5) is 14.6. The topological polar surface area (TPSA) is 59.3 Å². The summed E-state index contributed by atoms with van der Waals surface area (Å²) in [6.45, 7) is 9.48. The van der Waals surface area contributed by atoms with Gasteiger partial charge in [0.1, 0.15) is 0 Å². The van der Waals surface area contributed by atoms with Crippen molar-refractivity contribution in [3.8, 4) is 0 Å². The molecule has 27 heavy (non-hydrogen) atoms. The molecule has 3 aliphatic rings. The Bertz CT molecular complexity index is 828. The maximum Gasteiger partial charge on any atom is 0.225 e. The fourth-order valence-electron chi connectivity index (χ4n) is 4.80. The van der Waals surface area contributed by atoms with Crippen LogP contribution in [0.25, 0.3) is 0 Å². The Kier molecular flexibility index (Phi) is 4.36. The van der Waals surface area contributed by atoms with Gasteiger partial charge in [0.05, 0.1) is 24.6 Å². The Morgan fingerprint density at radius 3 is 2.85 bits per heavy atom. The number of hydrogen-bond acceptors (Lipinski definition) is 6. The molecule has 144 valence electrons. The summed E-state index contributed by atoms with van der Waals surface area (Å²) < 4.78 is 7.50. The van der Waals surface area contributed by atoms with Crippen molar-refractivity contribution in [3.05, 3.63) is 34.9 Å².